The highest BCUT2D eigenvalue weighted by Crippen LogP contribution is 2.38. The molecule has 6 heteroatoms. The first-order valence-corrected chi connectivity index (χ1v) is 7.05. The number of aliphatic hydroxyl groups is 1. The van der Waals surface area contributed by atoms with Gasteiger partial charge in [-0.2, -0.15) is 5.10 Å². The Morgan fingerprint density at radius 3 is 2.77 bits per heavy atom. The van der Waals surface area contributed by atoms with E-state index in [1.165, 1.54) is 11.8 Å². The molecular formula is C16H17N3O3. The standard InChI is InChI=1S/C16H17N3O3/c1-10-12(8-14(20)22-2)16(21)19-15(18-10)13(9-17-19)11-6-4-3-5-7-11/h3-7,9,12,16,21H,8H2,1-2H3. The van der Waals surface area contributed by atoms with Gasteiger partial charge < -0.3 is 9.84 Å². The summed E-state index contributed by atoms with van der Waals surface area (Å²) < 4.78 is 6.14. The predicted octanol–water partition coefficient (Wildman–Crippen LogP) is 2.33. The van der Waals surface area contributed by atoms with E-state index in [-0.39, 0.29) is 12.4 Å². The van der Waals surface area contributed by atoms with Crippen LogP contribution in [0.15, 0.2) is 41.5 Å². The largest absolute Gasteiger partial charge is 0.469 e. The first-order valence-electron chi connectivity index (χ1n) is 7.05. The first-order chi connectivity index (χ1) is 10.6. The molecule has 2 unspecified atom stereocenters. The Bertz CT molecular complexity index is 721. The SMILES string of the molecule is COC(=O)CC1C(C)=Nc2c(-c3ccccc3)cnn2C1O. The molecule has 22 heavy (non-hydrogen) atoms. The lowest BCUT2D eigenvalue weighted by Gasteiger charge is -2.27. The number of benzene rings is 1. The molecule has 0 amide bonds. The average Bonchev–Trinajstić information content (AvgIpc) is 2.95. The Morgan fingerprint density at radius 2 is 2.09 bits per heavy atom. The molecule has 1 aliphatic rings. The highest BCUT2D eigenvalue weighted by molar-refractivity contribution is 5.92. The number of rotatable bonds is 3. The fraction of sp³-hybridized carbons (Fsp3) is 0.312. The maximum absolute atomic E-state index is 11.5. The number of hydrogen-bond donors (Lipinski definition) is 1. The normalized spacial score (nSPS) is 20.2. The summed E-state index contributed by atoms with van der Waals surface area (Å²) in [5.74, 6) is -0.196. The second kappa shape index (κ2) is 5.73. The third-order valence-corrected chi connectivity index (χ3v) is 3.90. The summed E-state index contributed by atoms with van der Waals surface area (Å²) >= 11 is 0. The number of carbonyl (C=O) groups is 1. The van der Waals surface area contributed by atoms with Crippen LogP contribution in [0.25, 0.3) is 11.1 Å². The van der Waals surface area contributed by atoms with Crippen LogP contribution in [0.1, 0.15) is 19.6 Å². The summed E-state index contributed by atoms with van der Waals surface area (Å²) in [4.78, 5) is 16.0. The quantitative estimate of drug-likeness (QED) is 0.882. The minimum absolute atomic E-state index is 0.0764. The maximum atomic E-state index is 11.5. The van der Waals surface area contributed by atoms with E-state index >= 15 is 0 Å². The van der Waals surface area contributed by atoms with Crippen LogP contribution in [0, 0.1) is 5.92 Å². The van der Waals surface area contributed by atoms with Crippen molar-refractivity contribution in [2.45, 2.75) is 19.6 Å². The monoisotopic (exact) mass is 299 g/mol. The van der Waals surface area contributed by atoms with Gasteiger partial charge in [0, 0.05) is 11.3 Å². The molecular weight excluding hydrogens is 282 g/mol. The number of esters is 1. The number of hydrogen-bond acceptors (Lipinski definition) is 5. The Hall–Kier alpha value is -2.47. The van der Waals surface area contributed by atoms with Gasteiger partial charge in [0.05, 0.1) is 25.6 Å². The zero-order valence-electron chi connectivity index (χ0n) is 12.4. The van der Waals surface area contributed by atoms with Gasteiger partial charge in [-0.05, 0) is 12.5 Å². The lowest BCUT2D eigenvalue weighted by molar-refractivity contribution is -0.142. The summed E-state index contributed by atoms with van der Waals surface area (Å²) in [6.07, 6.45) is 0.835. The van der Waals surface area contributed by atoms with Crippen LogP contribution in [0.4, 0.5) is 5.82 Å². The molecule has 2 atom stereocenters. The van der Waals surface area contributed by atoms with Crippen molar-refractivity contribution in [3.8, 4) is 11.1 Å². The number of methoxy groups -OCH3 is 1. The van der Waals surface area contributed by atoms with Crippen molar-refractivity contribution in [2.75, 3.05) is 7.11 Å². The van der Waals surface area contributed by atoms with Gasteiger partial charge >= 0.3 is 5.97 Å². The third-order valence-electron chi connectivity index (χ3n) is 3.90. The Kier molecular flexibility index (Phi) is 3.77. The van der Waals surface area contributed by atoms with Gasteiger partial charge in [-0.25, -0.2) is 9.67 Å². The Morgan fingerprint density at radius 1 is 1.36 bits per heavy atom. The molecule has 0 bridgehead atoms. The second-order valence-corrected chi connectivity index (χ2v) is 5.25. The summed E-state index contributed by atoms with van der Waals surface area (Å²) in [5.41, 5.74) is 2.54. The number of ether oxygens (including phenoxy) is 1. The molecule has 0 spiro atoms. The lowest BCUT2D eigenvalue weighted by atomic mass is 9.96. The Labute approximate surface area is 128 Å². The van der Waals surface area contributed by atoms with Crippen molar-refractivity contribution in [1.29, 1.82) is 0 Å². The van der Waals surface area contributed by atoms with E-state index in [2.05, 4.69) is 14.8 Å². The van der Waals surface area contributed by atoms with Crippen LogP contribution in [0.3, 0.4) is 0 Å². The number of aliphatic imine (C=N–C) groups is 1. The molecule has 1 aliphatic heterocycles. The summed E-state index contributed by atoms with van der Waals surface area (Å²) in [6.45, 7) is 1.81. The fourth-order valence-corrected chi connectivity index (χ4v) is 2.63. The van der Waals surface area contributed by atoms with Gasteiger partial charge in [0.15, 0.2) is 12.0 Å². The van der Waals surface area contributed by atoms with Gasteiger partial charge in [-0.1, -0.05) is 30.3 Å². The first kappa shape index (κ1) is 14.5. The maximum Gasteiger partial charge on any atom is 0.306 e. The second-order valence-electron chi connectivity index (χ2n) is 5.25. The van der Waals surface area contributed by atoms with Gasteiger partial charge in [-0.15, -0.1) is 0 Å². The van der Waals surface area contributed by atoms with Gasteiger partial charge in [0.2, 0.25) is 0 Å². The molecule has 3 rings (SSSR count). The van der Waals surface area contributed by atoms with Crippen molar-refractivity contribution in [3.63, 3.8) is 0 Å². The van der Waals surface area contributed by atoms with Gasteiger partial charge in [0.25, 0.3) is 0 Å². The van der Waals surface area contributed by atoms with Gasteiger partial charge in [-0.3, -0.25) is 4.79 Å². The van der Waals surface area contributed by atoms with Crippen LogP contribution >= 0.6 is 0 Å². The van der Waals surface area contributed by atoms with Crippen LogP contribution in [-0.2, 0) is 9.53 Å². The van der Waals surface area contributed by atoms with E-state index in [0.29, 0.717) is 11.5 Å². The van der Waals surface area contributed by atoms with Crippen molar-refractivity contribution in [1.82, 2.24) is 9.78 Å². The predicted molar refractivity (Wildman–Crippen MR) is 81.8 cm³/mol. The van der Waals surface area contributed by atoms with E-state index < -0.39 is 12.1 Å². The van der Waals surface area contributed by atoms with Crippen molar-refractivity contribution in [2.24, 2.45) is 10.9 Å². The van der Waals surface area contributed by atoms with Gasteiger partial charge in [0.1, 0.15) is 0 Å². The zero-order valence-corrected chi connectivity index (χ0v) is 12.4. The van der Waals surface area contributed by atoms with E-state index in [9.17, 15) is 9.90 Å². The molecule has 0 fully saturated rings. The Balaban J connectivity index is 1.99. The molecule has 2 heterocycles. The smallest absolute Gasteiger partial charge is 0.306 e. The van der Waals surface area contributed by atoms with Crippen molar-refractivity contribution < 1.29 is 14.6 Å². The molecule has 1 aromatic heterocycles. The molecule has 1 aromatic carbocycles. The number of aromatic nitrogens is 2. The molecule has 0 radical (unpaired) electrons. The number of aliphatic hydroxyl groups excluding tert-OH is 1. The van der Waals surface area contributed by atoms with Crippen LogP contribution in [0.5, 0.6) is 0 Å². The molecule has 1 N–H and O–H groups in total. The summed E-state index contributed by atoms with van der Waals surface area (Å²) in [5, 5.41) is 14.7. The molecule has 0 saturated carbocycles. The average molecular weight is 299 g/mol. The van der Waals surface area contributed by atoms with Crippen LogP contribution < -0.4 is 0 Å². The van der Waals surface area contributed by atoms with E-state index in [0.717, 1.165) is 11.1 Å². The highest BCUT2D eigenvalue weighted by Gasteiger charge is 2.33. The van der Waals surface area contributed by atoms with E-state index in [1.54, 1.807) is 6.20 Å². The number of fused-ring (bicyclic) bond motifs is 1. The summed E-state index contributed by atoms with van der Waals surface area (Å²) in [6, 6.07) is 9.75. The molecule has 114 valence electrons. The molecule has 0 aliphatic carbocycles. The fourth-order valence-electron chi connectivity index (χ4n) is 2.63. The van der Waals surface area contributed by atoms with E-state index in [4.69, 9.17) is 0 Å². The number of nitrogens with zero attached hydrogens (tertiary/aromatic N) is 3. The molecule has 2 aromatic rings. The van der Waals surface area contributed by atoms with Crippen molar-refractivity contribution >= 4 is 17.5 Å². The minimum atomic E-state index is -0.927. The van der Waals surface area contributed by atoms with Crippen molar-refractivity contribution in [3.05, 3.63) is 36.5 Å². The van der Waals surface area contributed by atoms with Crippen LogP contribution in [0.2, 0.25) is 0 Å². The molecule has 0 saturated heterocycles. The minimum Gasteiger partial charge on any atom is -0.469 e. The zero-order chi connectivity index (χ0) is 15.7. The summed E-state index contributed by atoms with van der Waals surface area (Å²) in [7, 11) is 1.33. The number of carbonyl (C=O) groups excluding carboxylic acids is 1. The lowest BCUT2D eigenvalue weighted by Crippen LogP contribution is -2.31. The highest BCUT2D eigenvalue weighted by atomic mass is 16.5. The third kappa shape index (κ3) is 2.42. The molecule has 6 nitrogen and oxygen atoms in total. The topological polar surface area (TPSA) is 76.7 Å². The van der Waals surface area contributed by atoms with Crippen LogP contribution in [-0.4, -0.2) is 33.7 Å². The van der Waals surface area contributed by atoms with E-state index in [1.807, 2.05) is 37.3 Å².